The number of hydrogen-bond acceptors (Lipinski definition) is 3. The van der Waals surface area contributed by atoms with Crippen molar-refractivity contribution in [1.82, 2.24) is 10.3 Å². The molecule has 1 amide bonds. The summed E-state index contributed by atoms with van der Waals surface area (Å²) in [6.07, 6.45) is 7.69. The lowest BCUT2D eigenvalue weighted by atomic mass is 10.0. The molecule has 1 aromatic heterocycles. The van der Waals surface area contributed by atoms with Gasteiger partial charge in [0.25, 0.3) is 5.91 Å². The second kappa shape index (κ2) is 9.48. The summed E-state index contributed by atoms with van der Waals surface area (Å²) in [5.41, 5.74) is 6.89. The van der Waals surface area contributed by atoms with E-state index in [4.69, 9.17) is 5.73 Å². The molecule has 0 aliphatic heterocycles. The zero-order chi connectivity index (χ0) is 14.8. The van der Waals surface area contributed by atoms with Crippen LogP contribution in [0.15, 0.2) is 18.3 Å². The highest BCUT2D eigenvalue weighted by molar-refractivity contribution is 5.92. The number of unbranched alkanes of at least 4 members (excludes halogenated alkanes) is 3. The molecule has 0 aliphatic rings. The van der Waals surface area contributed by atoms with Crippen LogP contribution in [0.4, 0.5) is 0 Å². The molecular weight excluding hydrogens is 250 g/mol. The number of nitrogens with one attached hydrogen (secondary N) is 1. The first-order valence-corrected chi connectivity index (χ1v) is 7.56. The second-order valence-electron chi connectivity index (χ2n) is 5.61. The first-order chi connectivity index (χ1) is 9.63. The van der Waals surface area contributed by atoms with Crippen molar-refractivity contribution in [3.63, 3.8) is 0 Å². The third kappa shape index (κ3) is 6.66. The Bertz CT molecular complexity index is 387. The molecule has 4 heteroatoms. The molecule has 112 valence electrons. The van der Waals surface area contributed by atoms with Crippen molar-refractivity contribution in [2.45, 2.75) is 52.5 Å². The fourth-order valence-corrected chi connectivity index (χ4v) is 2.00. The molecule has 0 saturated carbocycles. The molecule has 1 aromatic rings. The minimum atomic E-state index is -0.101. The molecule has 0 spiro atoms. The van der Waals surface area contributed by atoms with E-state index in [9.17, 15) is 4.79 Å². The smallest absolute Gasteiger partial charge is 0.269 e. The largest absolute Gasteiger partial charge is 0.351 e. The zero-order valence-electron chi connectivity index (χ0n) is 12.7. The first kappa shape index (κ1) is 16.6. The van der Waals surface area contributed by atoms with Gasteiger partial charge in [0.2, 0.25) is 0 Å². The average Bonchev–Trinajstić information content (AvgIpc) is 2.45. The molecule has 0 aromatic carbocycles. The number of pyridine rings is 1. The number of rotatable bonds is 9. The minimum Gasteiger partial charge on any atom is -0.351 e. The van der Waals surface area contributed by atoms with E-state index < -0.39 is 0 Å². The number of nitrogens with zero attached hydrogens (tertiary/aromatic N) is 1. The van der Waals surface area contributed by atoms with Gasteiger partial charge in [0.1, 0.15) is 5.69 Å². The number of nitrogens with two attached hydrogens (primary N) is 1. The van der Waals surface area contributed by atoms with Crippen LogP contribution in [0.5, 0.6) is 0 Å². The quantitative estimate of drug-likeness (QED) is 0.682. The van der Waals surface area contributed by atoms with E-state index in [0.29, 0.717) is 12.2 Å². The zero-order valence-corrected chi connectivity index (χ0v) is 12.7. The monoisotopic (exact) mass is 277 g/mol. The molecule has 0 bridgehead atoms. The summed E-state index contributed by atoms with van der Waals surface area (Å²) >= 11 is 0. The Balaban J connectivity index is 2.13. The van der Waals surface area contributed by atoms with E-state index in [1.807, 2.05) is 6.07 Å². The Labute approximate surface area is 122 Å². The summed E-state index contributed by atoms with van der Waals surface area (Å²) in [5.74, 6) is 0.688. The van der Waals surface area contributed by atoms with Crippen molar-refractivity contribution in [1.29, 1.82) is 0 Å². The molecule has 0 radical (unpaired) electrons. The summed E-state index contributed by atoms with van der Waals surface area (Å²) in [6, 6.07) is 3.56. The highest BCUT2D eigenvalue weighted by Gasteiger charge is 2.05. The summed E-state index contributed by atoms with van der Waals surface area (Å²) in [7, 11) is 0. The SMILES string of the molecule is CC(C)CCCCCCNC(=O)c1ccc(CN)cn1. The van der Waals surface area contributed by atoms with Gasteiger partial charge in [0, 0.05) is 19.3 Å². The first-order valence-electron chi connectivity index (χ1n) is 7.56. The van der Waals surface area contributed by atoms with Gasteiger partial charge >= 0.3 is 0 Å². The molecule has 3 N–H and O–H groups in total. The van der Waals surface area contributed by atoms with Gasteiger partial charge in [0.15, 0.2) is 0 Å². The topological polar surface area (TPSA) is 68.0 Å². The predicted molar refractivity (Wildman–Crippen MR) is 82.4 cm³/mol. The number of hydrogen-bond donors (Lipinski definition) is 2. The van der Waals surface area contributed by atoms with E-state index in [0.717, 1.165) is 24.4 Å². The summed E-state index contributed by atoms with van der Waals surface area (Å²) < 4.78 is 0. The maximum Gasteiger partial charge on any atom is 0.269 e. The van der Waals surface area contributed by atoms with Crippen molar-refractivity contribution in [3.05, 3.63) is 29.6 Å². The highest BCUT2D eigenvalue weighted by Crippen LogP contribution is 2.09. The number of carbonyl (C=O) groups is 1. The van der Waals surface area contributed by atoms with Crippen molar-refractivity contribution >= 4 is 5.91 Å². The van der Waals surface area contributed by atoms with Gasteiger partial charge in [-0.1, -0.05) is 45.6 Å². The second-order valence-corrected chi connectivity index (χ2v) is 5.61. The summed E-state index contributed by atoms with van der Waals surface area (Å²) in [4.78, 5) is 15.9. The fourth-order valence-electron chi connectivity index (χ4n) is 2.00. The molecular formula is C16H27N3O. The molecule has 0 saturated heterocycles. The standard InChI is InChI=1S/C16H27N3O/c1-13(2)7-5-3-4-6-10-18-16(20)15-9-8-14(11-17)12-19-15/h8-9,12-13H,3-7,10-11,17H2,1-2H3,(H,18,20). The van der Waals surface area contributed by atoms with Crippen molar-refractivity contribution in [2.24, 2.45) is 11.7 Å². The summed E-state index contributed by atoms with van der Waals surface area (Å²) in [5, 5.41) is 2.90. The van der Waals surface area contributed by atoms with Crippen LogP contribution < -0.4 is 11.1 Å². The van der Waals surface area contributed by atoms with Gasteiger partial charge in [-0.15, -0.1) is 0 Å². The third-order valence-corrected chi connectivity index (χ3v) is 3.29. The van der Waals surface area contributed by atoms with E-state index in [-0.39, 0.29) is 5.91 Å². The van der Waals surface area contributed by atoms with E-state index in [1.54, 1.807) is 12.3 Å². The van der Waals surface area contributed by atoms with Crippen LogP contribution in [-0.2, 0) is 6.54 Å². The molecule has 1 rings (SSSR count). The van der Waals surface area contributed by atoms with Crippen molar-refractivity contribution < 1.29 is 4.79 Å². The third-order valence-electron chi connectivity index (χ3n) is 3.29. The molecule has 0 aliphatic carbocycles. The predicted octanol–water partition coefficient (Wildman–Crippen LogP) is 2.88. The normalized spacial score (nSPS) is 10.8. The lowest BCUT2D eigenvalue weighted by Gasteiger charge is -2.06. The van der Waals surface area contributed by atoms with Crippen LogP contribution in [0.1, 0.15) is 62.0 Å². The van der Waals surface area contributed by atoms with Crippen LogP contribution in [0.3, 0.4) is 0 Å². The Morgan fingerprint density at radius 3 is 2.60 bits per heavy atom. The molecule has 0 unspecified atom stereocenters. The Hall–Kier alpha value is -1.42. The maximum atomic E-state index is 11.8. The van der Waals surface area contributed by atoms with E-state index in [2.05, 4.69) is 24.1 Å². The fraction of sp³-hybridized carbons (Fsp3) is 0.625. The van der Waals surface area contributed by atoms with Gasteiger partial charge in [-0.3, -0.25) is 9.78 Å². The number of amides is 1. The average molecular weight is 277 g/mol. The molecule has 20 heavy (non-hydrogen) atoms. The van der Waals surface area contributed by atoms with E-state index >= 15 is 0 Å². The molecule has 0 atom stereocenters. The Morgan fingerprint density at radius 2 is 2.00 bits per heavy atom. The number of aromatic nitrogens is 1. The van der Waals surface area contributed by atoms with Gasteiger partial charge in [-0.2, -0.15) is 0 Å². The van der Waals surface area contributed by atoms with Gasteiger partial charge in [-0.25, -0.2) is 0 Å². The van der Waals surface area contributed by atoms with Gasteiger partial charge in [0.05, 0.1) is 0 Å². The van der Waals surface area contributed by atoms with Gasteiger partial charge in [-0.05, 0) is 24.0 Å². The van der Waals surface area contributed by atoms with Crippen LogP contribution >= 0.6 is 0 Å². The van der Waals surface area contributed by atoms with E-state index in [1.165, 1.54) is 25.7 Å². The van der Waals surface area contributed by atoms with Crippen LogP contribution in [0, 0.1) is 5.92 Å². The summed E-state index contributed by atoms with van der Waals surface area (Å²) in [6.45, 7) is 5.68. The Morgan fingerprint density at radius 1 is 1.25 bits per heavy atom. The van der Waals surface area contributed by atoms with Gasteiger partial charge < -0.3 is 11.1 Å². The van der Waals surface area contributed by atoms with Crippen molar-refractivity contribution in [2.75, 3.05) is 6.54 Å². The maximum absolute atomic E-state index is 11.8. The molecule has 4 nitrogen and oxygen atoms in total. The Kier molecular flexibility index (Phi) is 7.88. The number of carbonyl (C=O) groups excluding carboxylic acids is 1. The lowest BCUT2D eigenvalue weighted by molar-refractivity contribution is 0.0948. The van der Waals surface area contributed by atoms with Crippen molar-refractivity contribution in [3.8, 4) is 0 Å². The lowest BCUT2D eigenvalue weighted by Crippen LogP contribution is -2.25. The highest BCUT2D eigenvalue weighted by atomic mass is 16.1. The van der Waals surface area contributed by atoms with Crippen LogP contribution in [0.25, 0.3) is 0 Å². The molecule has 1 heterocycles. The minimum absolute atomic E-state index is 0.101. The van der Waals surface area contributed by atoms with Crippen LogP contribution in [-0.4, -0.2) is 17.4 Å². The molecule has 0 fully saturated rings. The van der Waals surface area contributed by atoms with Crippen LogP contribution in [0.2, 0.25) is 0 Å².